The van der Waals surface area contributed by atoms with Crippen LogP contribution in [0.2, 0.25) is 0 Å². The van der Waals surface area contributed by atoms with Gasteiger partial charge in [0.1, 0.15) is 11.5 Å². The average molecular weight is 284 g/mol. The van der Waals surface area contributed by atoms with Crippen LogP contribution in [0.3, 0.4) is 0 Å². The first-order chi connectivity index (χ1) is 10.2. The minimum Gasteiger partial charge on any atom is -0.508 e. The highest BCUT2D eigenvalue weighted by Gasteiger charge is 1.92. The van der Waals surface area contributed by atoms with Crippen molar-refractivity contribution in [1.82, 2.24) is 0 Å². The van der Waals surface area contributed by atoms with Crippen LogP contribution in [-0.2, 0) is 4.74 Å². The molecule has 0 spiro atoms. The van der Waals surface area contributed by atoms with Crippen LogP contribution < -0.4 is 0 Å². The van der Waals surface area contributed by atoms with Crippen molar-refractivity contribution in [2.45, 2.75) is 0 Å². The largest absolute Gasteiger partial charge is 0.508 e. The summed E-state index contributed by atoms with van der Waals surface area (Å²) in [6, 6.07) is 12.9. The van der Waals surface area contributed by atoms with Gasteiger partial charge in [0, 0.05) is 0 Å². The van der Waals surface area contributed by atoms with Crippen molar-refractivity contribution < 1.29 is 14.9 Å². The van der Waals surface area contributed by atoms with Gasteiger partial charge in [-0.15, -0.1) is 0 Å². The van der Waals surface area contributed by atoms with Gasteiger partial charge in [-0.2, -0.15) is 10.2 Å². The van der Waals surface area contributed by atoms with E-state index in [4.69, 9.17) is 10.2 Å². The summed E-state index contributed by atoms with van der Waals surface area (Å²) in [7, 11) is 0. The summed E-state index contributed by atoms with van der Waals surface area (Å²) in [4.78, 5) is 0. The number of hydrogen-bond acceptors (Lipinski definition) is 5. The van der Waals surface area contributed by atoms with Gasteiger partial charge in [-0.1, -0.05) is 13.2 Å². The van der Waals surface area contributed by atoms with Crippen molar-refractivity contribution in [2.24, 2.45) is 10.2 Å². The molecule has 2 aromatic carbocycles. The molecular formula is C16H16N2O3. The van der Waals surface area contributed by atoms with E-state index in [1.54, 1.807) is 48.5 Å². The summed E-state index contributed by atoms with van der Waals surface area (Å²) >= 11 is 0. The molecular weight excluding hydrogens is 268 g/mol. The number of phenols is 2. The predicted octanol–water partition coefficient (Wildman–Crippen LogP) is 4.80. The van der Waals surface area contributed by atoms with Gasteiger partial charge >= 0.3 is 0 Å². The standard InChI is InChI=1S/C12H10N2O2.C4H6O/c15-11-5-1-9(2-6-11)13-14-10-3-7-12(16)8-4-10;1-3-5-4-2/h1-8,15-16H;3-4H,1-2H2. The van der Waals surface area contributed by atoms with Gasteiger partial charge in [-0.25, -0.2) is 0 Å². The number of aromatic hydroxyl groups is 2. The molecule has 108 valence electrons. The molecule has 21 heavy (non-hydrogen) atoms. The zero-order valence-electron chi connectivity index (χ0n) is 11.4. The van der Waals surface area contributed by atoms with E-state index in [9.17, 15) is 0 Å². The summed E-state index contributed by atoms with van der Waals surface area (Å²) in [5.74, 6) is 0.396. The zero-order chi connectivity index (χ0) is 15.5. The number of nitrogens with zero attached hydrogens (tertiary/aromatic N) is 2. The molecule has 5 nitrogen and oxygen atoms in total. The Morgan fingerprint density at radius 2 is 1.05 bits per heavy atom. The van der Waals surface area contributed by atoms with E-state index in [0.717, 1.165) is 0 Å². The summed E-state index contributed by atoms with van der Waals surface area (Å²) in [6.07, 6.45) is 2.62. The first-order valence-corrected chi connectivity index (χ1v) is 6.03. The van der Waals surface area contributed by atoms with Crippen LogP contribution in [-0.4, -0.2) is 10.2 Å². The molecule has 0 aliphatic heterocycles. The number of azo groups is 1. The van der Waals surface area contributed by atoms with E-state index < -0.39 is 0 Å². The van der Waals surface area contributed by atoms with E-state index in [2.05, 4.69) is 28.1 Å². The second kappa shape index (κ2) is 8.92. The van der Waals surface area contributed by atoms with Crippen molar-refractivity contribution in [3.8, 4) is 11.5 Å². The molecule has 5 heteroatoms. The molecule has 0 aliphatic carbocycles. The highest BCUT2D eigenvalue weighted by molar-refractivity contribution is 5.43. The number of phenolic OH excluding ortho intramolecular Hbond substituents is 2. The summed E-state index contributed by atoms with van der Waals surface area (Å²) in [6.45, 7) is 6.51. The molecule has 2 aromatic rings. The maximum atomic E-state index is 9.07. The molecule has 0 saturated carbocycles. The molecule has 0 heterocycles. The Kier molecular flexibility index (Phi) is 6.79. The van der Waals surface area contributed by atoms with E-state index in [1.165, 1.54) is 12.5 Å². The lowest BCUT2D eigenvalue weighted by Gasteiger charge is -1.94. The second-order valence-corrected chi connectivity index (χ2v) is 3.70. The average Bonchev–Trinajstić information content (AvgIpc) is 2.50. The predicted molar refractivity (Wildman–Crippen MR) is 81.9 cm³/mol. The number of benzene rings is 2. The van der Waals surface area contributed by atoms with Crippen molar-refractivity contribution in [1.29, 1.82) is 0 Å². The van der Waals surface area contributed by atoms with Crippen LogP contribution in [0.15, 0.2) is 84.4 Å². The fourth-order valence-electron chi connectivity index (χ4n) is 1.22. The molecule has 0 radical (unpaired) electrons. The second-order valence-electron chi connectivity index (χ2n) is 3.70. The van der Waals surface area contributed by atoms with Crippen LogP contribution >= 0.6 is 0 Å². The zero-order valence-corrected chi connectivity index (χ0v) is 11.4. The van der Waals surface area contributed by atoms with Crippen molar-refractivity contribution in [3.05, 3.63) is 74.2 Å². The topological polar surface area (TPSA) is 74.4 Å². The summed E-state index contributed by atoms with van der Waals surface area (Å²) in [5.41, 5.74) is 1.32. The molecule has 2 N–H and O–H groups in total. The third kappa shape index (κ3) is 6.58. The molecule has 0 amide bonds. The third-order valence-electron chi connectivity index (χ3n) is 2.17. The first kappa shape index (κ1) is 16.0. The molecule has 0 saturated heterocycles. The highest BCUT2D eigenvalue weighted by Crippen LogP contribution is 2.21. The Bertz CT molecular complexity index is 536. The summed E-state index contributed by atoms with van der Waals surface area (Å²) < 4.78 is 4.36. The fraction of sp³-hybridized carbons (Fsp3) is 0. The van der Waals surface area contributed by atoms with Gasteiger partial charge in [0.2, 0.25) is 0 Å². The lowest BCUT2D eigenvalue weighted by molar-refractivity contribution is 0.406. The van der Waals surface area contributed by atoms with Crippen LogP contribution in [0.5, 0.6) is 11.5 Å². The Morgan fingerprint density at radius 1 is 0.714 bits per heavy atom. The fourth-order valence-corrected chi connectivity index (χ4v) is 1.22. The van der Waals surface area contributed by atoms with Crippen LogP contribution in [0.25, 0.3) is 0 Å². The molecule has 0 bridgehead atoms. The SMILES string of the molecule is C=COC=C.Oc1ccc(N=Nc2ccc(O)cc2)cc1. The number of hydrogen-bond donors (Lipinski definition) is 2. The maximum Gasteiger partial charge on any atom is 0.115 e. The lowest BCUT2D eigenvalue weighted by Crippen LogP contribution is -1.66. The van der Waals surface area contributed by atoms with Crippen LogP contribution in [0, 0.1) is 0 Å². The first-order valence-electron chi connectivity index (χ1n) is 6.03. The quantitative estimate of drug-likeness (QED) is 0.625. The maximum absolute atomic E-state index is 9.07. The Morgan fingerprint density at radius 3 is 1.29 bits per heavy atom. The number of rotatable bonds is 4. The molecule has 0 atom stereocenters. The van der Waals surface area contributed by atoms with E-state index >= 15 is 0 Å². The van der Waals surface area contributed by atoms with Crippen molar-refractivity contribution >= 4 is 11.4 Å². The summed E-state index contributed by atoms with van der Waals surface area (Å²) in [5, 5.41) is 26.1. The normalized spacial score (nSPS) is 9.52. The van der Waals surface area contributed by atoms with Gasteiger partial charge < -0.3 is 14.9 Å². The highest BCUT2D eigenvalue weighted by atomic mass is 16.5. The van der Waals surface area contributed by atoms with E-state index in [0.29, 0.717) is 11.4 Å². The molecule has 2 rings (SSSR count). The Balaban J connectivity index is 0.000000383. The molecule has 0 fully saturated rings. The van der Waals surface area contributed by atoms with Gasteiger partial charge in [-0.3, -0.25) is 0 Å². The minimum atomic E-state index is 0.198. The van der Waals surface area contributed by atoms with Crippen LogP contribution in [0.4, 0.5) is 11.4 Å². The molecule has 0 unspecified atom stereocenters. The van der Waals surface area contributed by atoms with E-state index in [1.807, 2.05) is 0 Å². The van der Waals surface area contributed by atoms with Crippen molar-refractivity contribution in [3.63, 3.8) is 0 Å². The van der Waals surface area contributed by atoms with Gasteiger partial charge in [0.15, 0.2) is 0 Å². The molecule has 0 aromatic heterocycles. The van der Waals surface area contributed by atoms with Gasteiger partial charge in [0.25, 0.3) is 0 Å². The van der Waals surface area contributed by atoms with E-state index in [-0.39, 0.29) is 11.5 Å². The smallest absolute Gasteiger partial charge is 0.115 e. The third-order valence-corrected chi connectivity index (χ3v) is 2.17. The Labute approximate surface area is 123 Å². The van der Waals surface area contributed by atoms with Gasteiger partial charge in [0.05, 0.1) is 23.9 Å². The molecule has 0 aliphatic rings. The van der Waals surface area contributed by atoms with Crippen molar-refractivity contribution in [2.75, 3.05) is 0 Å². The Hall–Kier alpha value is -3.08. The number of ether oxygens (including phenoxy) is 1. The lowest BCUT2D eigenvalue weighted by atomic mass is 10.3. The van der Waals surface area contributed by atoms with Gasteiger partial charge in [-0.05, 0) is 48.5 Å². The van der Waals surface area contributed by atoms with Crippen LogP contribution in [0.1, 0.15) is 0 Å². The minimum absolute atomic E-state index is 0.198. The monoisotopic (exact) mass is 284 g/mol.